The number of nitrogens with two attached hydrogens (primary N) is 1. The van der Waals surface area contributed by atoms with E-state index in [1.165, 1.54) is 6.07 Å². The molecule has 6 heteroatoms. The van der Waals surface area contributed by atoms with Gasteiger partial charge in [-0.05, 0) is 24.3 Å². The van der Waals surface area contributed by atoms with Crippen LogP contribution in [0.25, 0.3) is 0 Å². The number of anilines is 2. The van der Waals surface area contributed by atoms with Crippen LogP contribution in [0.5, 0.6) is 5.75 Å². The van der Waals surface area contributed by atoms with E-state index >= 15 is 0 Å². The number of rotatable bonds is 6. The molecule has 2 aromatic rings. The summed E-state index contributed by atoms with van der Waals surface area (Å²) in [5.41, 5.74) is 6.05. The maximum Gasteiger partial charge on any atom is 0.252 e. The van der Waals surface area contributed by atoms with Crippen molar-refractivity contribution in [3.8, 4) is 5.75 Å². The van der Waals surface area contributed by atoms with Crippen LogP contribution >= 0.6 is 0 Å². The van der Waals surface area contributed by atoms with Crippen molar-refractivity contribution in [3.63, 3.8) is 0 Å². The second-order valence-corrected chi connectivity index (χ2v) is 4.22. The van der Waals surface area contributed by atoms with Gasteiger partial charge in [0, 0.05) is 24.7 Å². The fourth-order valence-electron chi connectivity index (χ4n) is 1.70. The van der Waals surface area contributed by atoms with Crippen LogP contribution in [-0.2, 0) is 6.42 Å². The molecule has 0 atom stereocenters. The zero-order chi connectivity index (χ0) is 14.4. The molecule has 0 saturated carbocycles. The Morgan fingerprint density at radius 1 is 1.35 bits per heavy atom. The molecule has 2 rings (SSSR count). The molecule has 0 spiro atoms. The lowest BCUT2D eigenvalue weighted by molar-refractivity contribution is 0.328. The van der Waals surface area contributed by atoms with Gasteiger partial charge in [0.2, 0.25) is 0 Å². The highest BCUT2D eigenvalue weighted by molar-refractivity contribution is 5.56. The molecule has 0 fully saturated rings. The molecule has 1 aromatic carbocycles. The Bertz CT molecular complexity index is 607. The zero-order valence-corrected chi connectivity index (χ0v) is 11.3. The van der Waals surface area contributed by atoms with Crippen molar-refractivity contribution in [2.24, 2.45) is 5.73 Å². The van der Waals surface area contributed by atoms with Crippen LogP contribution in [0, 0.1) is 0 Å². The van der Waals surface area contributed by atoms with Crippen molar-refractivity contribution >= 4 is 11.5 Å². The normalized spacial score (nSPS) is 10.3. The second kappa shape index (κ2) is 6.72. The molecule has 0 saturated heterocycles. The number of aromatic amines is 1. The Morgan fingerprint density at radius 2 is 2.10 bits per heavy atom. The van der Waals surface area contributed by atoms with E-state index in [0.717, 1.165) is 11.4 Å². The lowest BCUT2D eigenvalue weighted by Gasteiger charge is -2.08. The smallest absolute Gasteiger partial charge is 0.252 e. The van der Waals surface area contributed by atoms with Gasteiger partial charge in [-0.2, -0.15) is 0 Å². The van der Waals surface area contributed by atoms with Crippen LogP contribution in [0.15, 0.2) is 35.1 Å². The number of hydrogen-bond donors (Lipinski definition) is 3. The number of nitrogens with zero attached hydrogens (tertiary/aromatic N) is 1. The van der Waals surface area contributed by atoms with Crippen LogP contribution in [0.3, 0.4) is 0 Å². The minimum absolute atomic E-state index is 0.165. The van der Waals surface area contributed by atoms with E-state index in [-0.39, 0.29) is 5.56 Å². The lowest BCUT2D eigenvalue weighted by atomic mass is 10.3. The third kappa shape index (κ3) is 3.83. The van der Waals surface area contributed by atoms with Crippen molar-refractivity contribution in [1.82, 2.24) is 9.97 Å². The van der Waals surface area contributed by atoms with Gasteiger partial charge in [0.1, 0.15) is 24.0 Å². The molecule has 0 aliphatic rings. The van der Waals surface area contributed by atoms with Gasteiger partial charge in [-0.25, -0.2) is 4.98 Å². The van der Waals surface area contributed by atoms with Crippen LogP contribution in [0.2, 0.25) is 0 Å². The van der Waals surface area contributed by atoms with Crippen molar-refractivity contribution < 1.29 is 4.74 Å². The molecule has 0 unspecified atom stereocenters. The summed E-state index contributed by atoms with van der Waals surface area (Å²) in [6, 6.07) is 8.83. The minimum atomic E-state index is -0.165. The van der Waals surface area contributed by atoms with Gasteiger partial charge in [-0.15, -0.1) is 0 Å². The third-order valence-corrected chi connectivity index (χ3v) is 2.64. The molecule has 1 aromatic heterocycles. The molecule has 4 N–H and O–H groups in total. The van der Waals surface area contributed by atoms with Gasteiger partial charge < -0.3 is 20.8 Å². The molecule has 0 radical (unpaired) electrons. The summed E-state index contributed by atoms with van der Waals surface area (Å²) >= 11 is 0. The number of nitrogens with one attached hydrogen (secondary N) is 2. The van der Waals surface area contributed by atoms with E-state index in [9.17, 15) is 4.79 Å². The van der Waals surface area contributed by atoms with E-state index in [1.54, 1.807) is 0 Å². The Morgan fingerprint density at radius 3 is 2.75 bits per heavy atom. The standard InChI is InChI=1S/C14H18N4O2/c1-2-12-17-13(9-14(19)18-12)16-10-3-5-11(6-4-10)20-8-7-15/h3-6,9H,2,7-8,15H2,1H3,(H2,16,17,18,19). The first-order valence-corrected chi connectivity index (χ1v) is 6.51. The van der Waals surface area contributed by atoms with E-state index in [0.29, 0.717) is 31.2 Å². The Labute approximate surface area is 117 Å². The largest absolute Gasteiger partial charge is 0.492 e. The van der Waals surface area contributed by atoms with E-state index in [4.69, 9.17) is 10.5 Å². The molecule has 0 bridgehead atoms. The van der Waals surface area contributed by atoms with Gasteiger partial charge in [-0.1, -0.05) is 6.92 Å². The highest BCUT2D eigenvalue weighted by Crippen LogP contribution is 2.18. The molecule has 1 heterocycles. The van der Waals surface area contributed by atoms with Gasteiger partial charge in [-0.3, -0.25) is 4.79 Å². The fraction of sp³-hybridized carbons (Fsp3) is 0.286. The molecular formula is C14H18N4O2. The summed E-state index contributed by atoms with van der Waals surface area (Å²) < 4.78 is 5.39. The number of aryl methyl sites for hydroxylation is 1. The molecule has 0 amide bonds. The summed E-state index contributed by atoms with van der Waals surface area (Å²) in [4.78, 5) is 18.4. The first-order valence-electron chi connectivity index (χ1n) is 6.51. The average molecular weight is 274 g/mol. The summed E-state index contributed by atoms with van der Waals surface area (Å²) in [5, 5.41) is 3.09. The molecule has 0 aliphatic carbocycles. The summed E-state index contributed by atoms with van der Waals surface area (Å²) in [5.74, 6) is 1.94. The number of aromatic nitrogens is 2. The molecular weight excluding hydrogens is 256 g/mol. The SMILES string of the molecule is CCc1nc(Nc2ccc(OCCN)cc2)cc(=O)[nH]1. The lowest BCUT2D eigenvalue weighted by Crippen LogP contribution is -2.11. The Balaban J connectivity index is 2.09. The average Bonchev–Trinajstić information content (AvgIpc) is 2.46. The highest BCUT2D eigenvalue weighted by Gasteiger charge is 2.01. The topological polar surface area (TPSA) is 93.0 Å². The first-order chi connectivity index (χ1) is 9.71. The van der Waals surface area contributed by atoms with Crippen molar-refractivity contribution in [2.45, 2.75) is 13.3 Å². The number of benzene rings is 1. The van der Waals surface area contributed by atoms with Crippen molar-refractivity contribution in [2.75, 3.05) is 18.5 Å². The van der Waals surface area contributed by atoms with Crippen molar-refractivity contribution in [1.29, 1.82) is 0 Å². The van der Waals surface area contributed by atoms with Crippen molar-refractivity contribution in [3.05, 3.63) is 46.5 Å². The molecule has 6 nitrogen and oxygen atoms in total. The van der Waals surface area contributed by atoms with Gasteiger partial charge in [0.05, 0.1) is 0 Å². The minimum Gasteiger partial charge on any atom is -0.492 e. The Hall–Kier alpha value is -2.34. The van der Waals surface area contributed by atoms with Crippen LogP contribution < -0.4 is 21.3 Å². The quantitative estimate of drug-likeness (QED) is 0.740. The third-order valence-electron chi connectivity index (χ3n) is 2.64. The van der Waals surface area contributed by atoms with E-state index < -0.39 is 0 Å². The van der Waals surface area contributed by atoms with E-state index in [2.05, 4.69) is 15.3 Å². The van der Waals surface area contributed by atoms with Crippen LogP contribution in [0.4, 0.5) is 11.5 Å². The molecule has 106 valence electrons. The van der Waals surface area contributed by atoms with E-state index in [1.807, 2.05) is 31.2 Å². The van der Waals surface area contributed by atoms with Gasteiger partial charge in [0.25, 0.3) is 5.56 Å². The van der Waals surface area contributed by atoms with Gasteiger partial charge in [0.15, 0.2) is 0 Å². The highest BCUT2D eigenvalue weighted by atomic mass is 16.5. The summed E-state index contributed by atoms with van der Waals surface area (Å²) in [6.45, 7) is 2.91. The number of ether oxygens (including phenoxy) is 1. The fourth-order valence-corrected chi connectivity index (χ4v) is 1.70. The molecule has 20 heavy (non-hydrogen) atoms. The predicted octanol–water partition coefficient (Wildman–Crippen LogP) is 1.41. The van der Waals surface area contributed by atoms with Crippen LogP contribution in [-0.4, -0.2) is 23.1 Å². The van der Waals surface area contributed by atoms with Gasteiger partial charge >= 0.3 is 0 Å². The Kier molecular flexibility index (Phi) is 4.73. The number of H-pyrrole nitrogens is 1. The number of hydrogen-bond acceptors (Lipinski definition) is 5. The first kappa shape index (κ1) is 14.1. The second-order valence-electron chi connectivity index (χ2n) is 4.22. The zero-order valence-electron chi connectivity index (χ0n) is 11.3. The van der Waals surface area contributed by atoms with Crippen LogP contribution in [0.1, 0.15) is 12.7 Å². The summed E-state index contributed by atoms with van der Waals surface area (Å²) in [7, 11) is 0. The molecule has 0 aliphatic heterocycles. The monoisotopic (exact) mass is 274 g/mol. The predicted molar refractivity (Wildman–Crippen MR) is 78.5 cm³/mol. The maximum atomic E-state index is 11.5. The maximum absolute atomic E-state index is 11.5. The summed E-state index contributed by atoms with van der Waals surface area (Å²) in [6.07, 6.45) is 0.677.